The highest BCUT2D eigenvalue weighted by Crippen LogP contribution is 2.25. The average molecular weight is 600 g/mol. The minimum atomic E-state index is -3.60. The van der Waals surface area contributed by atoms with Crippen LogP contribution in [0.1, 0.15) is 66.1 Å². The van der Waals surface area contributed by atoms with Gasteiger partial charge in [0.25, 0.3) is 5.91 Å². The first kappa shape index (κ1) is 31.6. The molecule has 3 aromatic rings. The van der Waals surface area contributed by atoms with Gasteiger partial charge in [-0.1, -0.05) is 56.5 Å². The molecule has 226 valence electrons. The minimum Gasteiger partial charge on any atom is -0.390 e. The van der Waals surface area contributed by atoms with E-state index in [1.165, 1.54) is 29.8 Å². The van der Waals surface area contributed by atoms with Crippen LogP contribution in [0.5, 0.6) is 0 Å². The van der Waals surface area contributed by atoms with Crippen LogP contribution in [-0.2, 0) is 29.4 Å². The Hall–Kier alpha value is -3.34. The molecule has 0 heterocycles. The Kier molecular flexibility index (Phi) is 11.1. The summed E-state index contributed by atoms with van der Waals surface area (Å²) in [6.07, 6.45) is 3.75. The molecule has 42 heavy (non-hydrogen) atoms. The van der Waals surface area contributed by atoms with Crippen molar-refractivity contribution >= 4 is 21.6 Å². The Balaban J connectivity index is 1.46. The van der Waals surface area contributed by atoms with Gasteiger partial charge in [0.15, 0.2) is 0 Å². The number of carbonyl (C=O) groups excluding carboxylic acids is 1. The molecule has 2 unspecified atom stereocenters. The fourth-order valence-corrected chi connectivity index (χ4v) is 6.91. The van der Waals surface area contributed by atoms with Gasteiger partial charge >= 0.3 is 0 Å². The molecule has 10 heteroatoms. The first-order valence-corrected chi connectivity index (χ1v) is 16.0. The Labute approximate surface area is 246 Å². The van der Waals surface area contributed by atoms with Crippen molar-refractivity contribution in [2.24, 2.45) is 0 Å². The first-order chi connectivity index (χ1) is 20.1. The summed E-state index contributed by atoms with van der Waals surface area (Å²) in [7, 11) is -3.60. The van der Waals surface area contributed by atoms with Crippen molar-refractivity contribution in [1.29, 1.82) is 0 Å². The van der Waals surface area contributed by atoms with Gasteiger partial charge in [0, 0.05) is 30.4 Å². The number of rotatable bonds is 13. The number of hydrogen-bond acceptors (Lipinski definition) is 5. The predicted octanol–water partition coefficient (Wildman–Crippen LogP) is 5.09. The molecule has 1 aliphatic rings. The highest BCUT2D eigenvalue weighted by atomic mass is 32.2. The van der Waals surface area contributed by atoms with E-state index in [0.29, 0.717) is 19.4 Å². The van der Waals surface area contributed by atoms with Crippen molar-refractivity contribution in [1.82, 2.24) is 10.6 Å². The monoisotopic (exact) mass is 599 g/mol. The smallest absolute Gasteiger partial charge is 0.251 e. The molecule has 1 fully saturated rings. The lowest BCUT2D eigenvalue weighted by atomic mass is 10.00. The lowest BCUT2D eigenvalue weighted by Crippen LogP contribution is -2.48. The zero-order chi connectivity index (χ0) is 30.1. The van der Waals surface area contributed by atoms with Crippen LogP contribution in [0.4, 0.5) is 14.5 Å². The fourth-order valence-electron chi connectivity index (χ4n) is 5.33. The number of anilines is 1. The number of benzene rings is 3. The van der Waals surface area contributed by atoms with Crippen LogP contribution in [0.2, 0.25) is 0 Å². The van der Waals surface area contributed by atoms with E-state index in [1.807, 2.05) is 18.2 Å². The van der Waals surface area contributed by atoms with E-state index in [-0.39, 0.29) is 29.8 Å². The normalized spacial score (nSPS) is 15.6. The van der Waals surface area contributed by atoms with Gasteiger partial charge in [-0.15, -0.1) is 0 Å². The molecular formula is C32H39F2N3O4S. The molecule has 0 spiro atoms. The van der Waals surface area contributed by atoms with Gasteiger partial charge in [0.1, 0.15) is 11.6 Å². The van der Waals surface area contributed by atoms with Gasteiger partial charge in [0.05, 0.1) is 17.4 Å². The number of aliphatic hydroxyl groups excluding tert-OH is 1. The van der Waals surface area contributed by atoms with Gasteiger partial charge in [-0.3, -0.25) is 9.52 Å². The van der Waals surface area contributed by atoms with Crippen molar-refractivity contribution in [3.05, 3.63) is 101 Å². The lowest BCUT2D eigenvalue weighted by molar-refractivity contribution is 0.0830. The van der Waals surface area contributed by atoms with Crippen molar-refractivity contribution < 1.29 is 27.1 Å². The number of sulfonamides is 1. The van der Waals surface area contributed by atoms with Crippen LogP contribution in [0.25, 0.3) is 0 Å². The van der Waals surface area contributed by atoms with E-state index in [9.17, 15) is 27.1 Å². The van der Waals surface area contributed by atoms with Gasteiger partial charge in [-0.05, 0) is 72.7 Å². The van der Waals surface area contributed by atoms with Crippen molar-refractivity contribution in [3.63, 3.8) is 0 Å². The van der Waals surface area contributed by atoms with Crippen molar-refractivity contribution in [2.45, 2.75) is 75.8 Å². The first-order valence-electron chi connectivity index (χ1n) is 14.5. The Morgan fingerprint density at radius 3 is 2.33 bits per heavy atom. The van der Waals surface area contributed by atoms with Crippen LogP contribution in [-0.4, -0.2) is 43.4 Å². The third-order valence-electron chi connectivity index (χ3n) is 7.62. The van der Waals surface area contributed by atoms with Crippen LogP contribution in [0.15, 0.2) is 66.7 Å². The second-order valence-corrected chi connectivity index (χ2v) is 12.9. The predicted molar refractivity (Wildman–Crippen MR) is 161 cm³/mol. The second kappa shape index (κ2) is 14.7. The summed E-state index contributed by atoms with van der Waals surface area (Å²) in [5, 5.41) is 16.6. The van der Waals surface area contributed by atoms with Gasteiger partial charge < -0.3 is 15.7 Å². The lowest BCUT2D eigenvalue weighted by Gasteiger charge is -2.25. The molecule has 4 rings (SSSR count). The minimum absolute atomic E-state index is 0.0252. The van der Waals surface area contributed by atoms with E-state index < -0.39 is 45.0 Å². The third kappa shape index (κ3) is 9.08. The quantitative estimate of drug-likeness (QED) is 0.219. The molecule has 1 amide bonds. The molecule has 0 radical (unpaired) electrons. The molecule has 7 nitrogen and oxygen atoms in total. The Morgan fingerprint density at radius 2 is 1.62 bits per heavy atom. The van der Waals surface area contributed by atoms with E-state index >= 15 is 0 Å². The third-order valence-corrected chi connectivity index (χ3v) is 9.49. The van der Waals surface area contributed by atoms with Crippen molar-refractivity contribution in [2.75, 3.05) is 11.3 Å². The maximum atomic E-state index is 13.9. The Morgan fingerprint density at radius 1 is 0.929 bits per heavy atom. The number of aryl methyl sites for hydroxylation is 1. The van der Waals surface area contributed by atoms with E-state index in [0.717, 1.165) is 37.3 Å². The standard InChI is InChI=1S/C32H39F2N3O4S/c1-2-22-8-6-9-23(14-22)20-35-21-31(38)30(17-24-15-26(33)19-27(34)16-24)36-32(39)25-10-7-11-28(18-25)37-42(40,41)29-12-4-3-5-13-29/h6-11,14-16,18-19,29-31,35,37-38H,2-5,12-13,17,20-21H2,1H3,(H,36,39). The molecule has 1 aliphatic carbocycles. The fraction of sp³-hybridized carbons (Fsp3) is 0.406. The van der Waals surface area contributed by atoms with Crippen LogP contribution in [0.3, 0.4) is 0 Å². The number of aliphatic hydroxyl groups is 1. The molecule has 0 saturated heterocycles. The number of hydrogen-bond donors (Lipinski definition) is 4. The van der Waals surface area contributed by atoms with E-state index in [2.05, 4.69) is 28.3 Å². The molecule has 0 bridgehead atoms. The zero-order valence-corrected chi connectivity index (χ0v) is 24.6. The topological polar surface area (TPSA) is 108 Å². The van der Waals surface area contributed by atoms with Gasteiger partial charge in [0.2, 0.25) is 10.0 Å². The van der Waals surface area contributed by atoms with Crippen LogP contribution in [0, 0.1) is 11.6 Å². The molecule has 3 aromatic carbocycles. The summed E-state index contributed by atoms with van der Waals surface area (Å²) in [6, 6.07) is 16.4. The van der Waals surface area contributed by atoms with Crippen molar-refractivity contribution in [3.8, 4) is 0 Å². The number of nitrogens with one attached hydrogen (secondary N) is 3. The maximum absolute atomic E-state index is 13.9. The summed E-state index contributed by atoms with van der Waals surface area (Å²) in [5.41, 5.74) is 2.97. The number of halogens is 2. The summed E-state index contributed by atoms with van der Waals surface area (Å²) >= 11 is 0. The van der Waals surface area contributed by atoms with Crippen LogP contribution >= 0.6 is 0 Å². The largest absolute Gasteiger partial charge is 0.390 e. The molecule has 0 aliphatic heterocycles. The van der Waals surface area contributed by atoms with E-state index in [4.69, 9.17) is 0 Å². The second-order valence-electron chi connectivity index (χ2n) is 10.9. The summed E-state index contributed by atoms with van der Waals surface area (Å²) in [5.74, 6) is -2.06. The summed E-state index contributed by atoms with van der Waals surface area (Å²) in [4.78, 5) is 13.3. The summed E-state index contributed by atoms with van der Waals surface area (Å²) in [6.45, 7) is 2.67. The molecule has 1 saturated carbocycles. The van der Waals surface area contributed by atoms with Gasteiger partial charge in [-0.2, -0.15) is 0 Å². The zero-order valence-electron chi connectivity index (χ0n) is 23.8. The van der Waals surface area contributed by atoms with Crippen LogP contribution < -0.4 is 15.4 Å². The number of carbonyl (C=O) groups is 1. The molecule has 2 atom stereocenters. The van der Waals surface area contributed by atoms with Gasteiger partial charge in [-0.25, -0.2) is 17.2 Å². The Bertz CT molecular complexity index is 1440. The average Bonchev–Trinajstić information content (AvgIpc) is 2.96. The molecular weight excluding hydrogens is 560 g/mol. The molecule has 4 N–H and O–H groups in total. The molecule has 0 aromatic heterocycles. The highest BCUT2D eigenvalue weighted by molar-refractivity contribution is 7.93. The van der Waals surface area contributed by atoms with E-state index in [1.54, 1.807) is 12.1 Å². The maximum Gasteiger partial charge on any atom is 0.251 e. The SMILES string of the molecule is CCc1cccc(CNCC(O)C(Cc2cc(F)cc(F)c2)NC(=O)c2cccc(NS(=O)(=O)C3CCCCC3)c2)c1. The summed E-state index contributed by atoms with van der Waals surface area (Å²) < 4.78 is 56.2. The number of amides is 1. The highest BCUT2D eigenvalue weighted by Gasteiger charge is 2.28.